The minimum Gasteiger partial charge on any atom is -0.508 e. The van der Waals surface area contributed by atoms with Gasteiger partial charge in [-0.15, -0.1) is 0 Å². The second-order valence-corrected chi connectivity index (χ2v) is 4.04. The van der Waals surface area contributed by atoms with Crippen molar-refractivity contribution in [2.24, 2.45) is 0 Å². The van der Waals surface area contributed by atoms with E-state index in [0.29, 0.717) is 28.9 Å². The minimum atomic E-state index is -0.665. The number of benzene rings is 1. The molecule has 0 saturated heterocycles. The standard InChI is InChI=1S/C11H13BNO5/c1-3-17-8-4-7(14)6(2)10-9(5-13(15)16)18-12-11(8)10/h4,9,14H,3,5H2,1-2H3. The van der Waals surface area contributed by atoms with Gasteiger partial charge in [-0.3, -0.25) is 10.1 Å². The van der Waals surface area contributed by atoms with Gasteiger partial charge in [-0.05, 0) is 30.4 Å². The number of nitro groups is 1. The molecule has 0 amide bonds. The quantitative estimate of drug-likeness (QED) is 0.483. The molecule has 1 unspecified atom stereocenters. The van der Waals surface area contributed by atoms with E-state index in [4.69, 9.17) is 9.39 Å². The highest BCUT2D eigenvalue weighted by Crippen LogP contribution is 2.34. The molecule has 1 N–H and O–H groups in total. The second kappa shape index (κ2) is 4.85. The van der Waals surface area contributed by atoms with Gasteiger partial charge < -0.3 is 14.5 Å². The average molecular weight is 250 g/mol. The monoisotopic (exact) mass is 250 g/mol. The van der Waals surface area contributed by atoms with E-state index in [2.05, 4.69) is 0 Å². The summed E-state index contributed by atoms with van der Waals surface area (Å²) in [6.07, 6.45) is -0.665. The molecule has 18 heavy (non-hydrogen) atoms. The topological polar surface area (TPSA) is 81.8 Å². The molecular formula is C11H13BNO5. The summed E-state index contributed by atoms with van der Waals surface area (Å²) in [5.41, 5.74) is 1.91. The van der Waals surface area contributed by atoms with E-state index in [1.165, 1.54) is 13.5 Å². The third-order valence-electron chi connectivity index (χ3n) is 2.90. The van der Waals surface area contributed by atoms with Gasteiger partial charge in [0.05, 0.1) is 6.61 Å². The summed E-state index contributed by atoms with van der Waals surface area (Å²) < 4.78 is 10.7. The molecule has 1 atom stereocenters. The van der Waals surface area contributed by atoms with Crippen molar-refractivity contribution in [1.82, 2.24) is 0 Å². The van der Waals surface area contributed by atoms with Crippen LogP contribution in [0.4, 0.5) is 0 Å². The summed E-state index contributed by atoms with van der Waals surface area (Å²) >= 11 is 0. The van der Waals surface area contributed by atoms with Gasteiger partial charge in [0.15, 0.2) is 0 Å². The van der Waals surface area contributed by atoms with E-state index < -0.39 is 11.0 Å². The molecule has 0 saturated carbocycles. The molecule has 0 spiro atoms. The number of hydrogen-bond acceptors (Lipinski definition) is 5. The zero-order chi connectivity index (χ0) is 13.3. The molecule has 0 aromatic heterocycles. The van der Waals surface area contributed by atoms with Crippen molar-refractivity contribution in [3.05, 3.63) is 27.3 Å². The molecule has 2 rings (SSSR count). The smallest absolute Gasteiger partial charge is 0.335 e. The number of hydrogen-bond donors (Lipinski definition) is 1. The Morgan fingerprint density at radius 2 is 2.39 bits per heavy atom. The van der Waals surface area contributed by atoms with E-state index in [1.54, 1.807) is 6.92 Å². The van der Waals surface area contributed by atoms with E-state index in [0.717, 1.165) is 0 Å². The van der Waals surface area contributed by atoms with Crippen LogP contribution in [0, 0.1) is 17.0 Å². The highest BCUT2D eigenvalue weighted by molar-refractivity contribution is 6.50. The first-order chi connectivity index (χ1) is 8.54. The number of rotatable bonds is 4. The fourth-order valence-corrected chi connectivity index (χ4v) is 2.08. The van der Waals surface area contributed by atoms with Crippen LogP contribution in [0.1, 0.15) is 24.2 Å². The first kappa shape index (κ1) is 12.7. The van der Waals surface area contributed by atoms with Gasteiger partial charge in [0.2, 0.25) is 6.54 Å². The number of nitrogens with zero attached hydrogens (tertiary/aromatic N) is 1. The van der Waals surface area contributed by atoms with Crippen LogP contribution >= 0.6 is 0 Å². The lowest BCUT2D eigenvalue weighted by atomic mass is 9.83. The van der Waals surface area contributed by atoms with Gasteiger partial charge in [-0.2, -0.15) is 0 Å². The fourth-order valence-electron chi connectivity index (χ4n) is 2.08. The van der Waals surface area contributed by atoms with Crippen molar-refractivity contribution in [1.29, 1.82) is 0 Å². The lowest BCUT2D eigenvalue weighted by molar-refractivity contribution is -0.490. The maximum atomic E-state index is 10.6. The Kier molecular flexibility index (Phi) is 3.42. The summed E-state index contributed by atoms with van der Waals surface area (Å²) in [5.74, 6) is 0.547. The molecule has 7 heteroatoms. The van der Waals surface area contributed by atoms with Gasteiger partial charge in [-0.25, -0.2) is 0 Å². The maximum Gasteiger partial charge on any atom is 0.335 e. The van der Waals surface area contributed by atoms with E-state index in [9.17, 15) is 15.2 Å². The molecule has 1 heterocycles. The lowest BCUT2D eigenvalue weighted by Crippen LogP contribution is -2.18. The van der Waals surface area contributed by atoms with Crippen molar-refractivity contribution < 1.29 is 19.4 Å². The van der Waals surface area contributed by atoms with Crippen LogP contribution in [-0.2, 0) is 4.65 Å². The zero-order valence-electron chi connectivity index (χ0n) is 10.2. The summed E-state index contributed by atoms with van der Waals surface area (Å²) in [6.45, 7) is 3.65. The normalized spacial score (nSPS) is 17.1. The predicted molar refractivity (Wildman–Crippen MR) is 65.1 cm³/mol. The van der Waals surface area contributed by atoms with Crippen LogP contribution < -0.4 is 10.2 Å². The molecule has 0 fully saturated rings. The van der Waals surface area contributed by atoms with E-state index >= 15 is 0 Å². The molecule has 0 bridgehead atoms. The van der Waals surface area contributed by atoms with Crippen LogP contribution in [-0.4, -0.2) is 30.7 Å². The summed E-state index contributed by atoms with van der Waals surface area (Å²) in [5, 5.41) is 20.4. The molecule has 1 aromatic rings. The first-order valence-corrected chi connectivity index (χ1v) is 5.64. The van der Waals surface area contributed by atoms with E-state index in [-0.39, 0.29) is 12.3 Å². The highest BCUT2D eigenvalue weighted by atomic mass is 16.6. The molecule has 1 aliphatic rings. The third-order valence-corrected chi connectivity index (χ3v) is 2.90. The van der Waals surface area contributed by atoms with Crippen LogP contribution in [0.3, 0.4) is 0 Å². The van der Waals surface area contributed by atoms with Crippen molar-refractivity contribution in [3.63, 3.8) is 0 Å². The predicted octanol–water partition coefficient (Wildman–Crippen LogP) is 0.692. The van der Waals surface area contributed by atoms with Gasteiger partial charge in [0.1, 0.15) is 17.6 Å². The summed E-state index contributed by atoms with van der Waals surface area (Å²) in [7, 11) is 1.46. The maximum absolute atomic E-state index is 10.6. The second-order valence-electron chi connectivity index (χ2n) is 4.04. The van der Waals surface area contributed by atoms with Gasteiger partial charge >= 0.3 is 7.48 Å². The van der Waals surface area contributed by atoms with Crippen LogP contribution in [0.15, 0.2) is 6.07 Å². The molecule has 0 aliphatic carbocycles. The molecule has 1 aliphatic heterocycles. The number of phenols is 1. The lowest BCUT2D eigenvalue weighted by Gasteiger charge is -2.14. The van der Waals surface area contributed by atoms with Gasteiger partial charge in [-0.1, -0.05) is 0 Å². The van der Waals surface area contributed by atoms with Crippen LogP contribution in [0.25, 0.3) is 0 Å². The molecule has 1 aromatic carbocycles. The molecule has 6 nitrogen and oxygen atoms in total. The van der Waals surface area contributed by atoms with E-state index in [1.807, 2.05) is 6.92 Å². The van der Waals surface area contributed by atoms with Crippen molar-refractivity contribution in [3.8, 4) is 11.5 Å². The molecular weight excluding hydrogens is 237 g/mol. The van der Waals surface area contributed by atoms with Gasteiger partial charge in [0, 0.05) is 11.0 Å². The Hall–Kier alpha value is -1.76. The SMILES string of the molecule is CCOc1cc(O)c(C)c2c1[B]OC2C[N+](=O)[O-]. The largest absolute Gasteiger partial charge is 0.508 e. The fraction of sp³-hybridized carbons (Fsp3) is 0.455. The molecule has 95 valence electrons. The van der Waals surface area contributed by atoms with Crippen molar-refractivity contribution >= 4 is 12.9 Å². The Balaban J connectivity index is 2.46. The first-order valence-electron chi connectivity index (χ1n) is 5.64. The Labute approximate surface area is 105 Å². The minimum absolute atomic E-state index is 0.0597. The van der Waals surface area contributed by atoms with Crippen LogP contribution in [0.2, 0.25) is 0 Å². The zero-order valence-corrected chi connectivity index (χ0v) is 10.2. The molecule has 1 radical (unpaired) electrons. The average Bonchev–Trinajstić information content (AvgIpc) is 2.69. The summed E-state index contributed by atoms with van der Waals surface area (Å²) in [4.78, 5) is 10.2. The Bertz CT molecular complexity index is 491. The van der Waals surface area contributed by atoms with Gasteiger partial charge in [0.25, 0.3) is 0 Å². The van der Waals surface area contributed by atoms with Crippen molar-refractivity contribution in [2.45, 2.75) is 20.0 Å². The van der Waals surface area contributed by atoms with Crippen LogP contribution in [0.5, 0.6) is 11.5 Å². The van der Waals surface area contributed by atoms with Crippen molar-refractivity contribution in [2.75, 3.05) is 13.2 Å². The summed E-state index contributed by atoms with van der Waals surface area (Å²) in [6, 6.07) is 1.51. The Morgan fingerprint density at radius 1 is 1.67 bits per heavy atom. The highest BCUT2D eigenvalue weighted by Gasteiger charge is 2.33. The Morgan fingerprint density at radius 3 is 3.00 bits per heavy atom. The third kappa shape index (κ3) is 2.13. The number of fused-ring (bicyclic) bond motifs is 1. The number of aromatic hydroxyl groups is 1. The number of ether oxygens (including phenoxy) is 1. The number of phenolic OH excluding ortho intramolecular Hbond substituents is 1.